The first-order chi connectivity index (χ1) is 9.15. The molecule has 4 heteroatoms. The second-order valence-corrected chi connectivity index (χ2v) is 4.36. The Bertz CT molecular complexity index is 584. The van der Waals surface area contributed by atoms with Crippen molar-refractivity contribution in [3.8, 4) is 0 Å². The number of carbonyl (C=O) groups is 1. The van der Waals surface area contributed by atoms with Crippen LogP contribution in [0.1, 0.15) is 17.5 Å². The second-order valence-electron chi connectivity index (χ2n) is 4.36. The van der Waals surface area contributed by atoms with Crippen LogP contribution in [0, 0.1) is 12.7 Å². The number of benzene rings is 1. The van der Waals surface area contributed by atoms with Crippen molar-refractivity contribution in [3.05, 3.63) is 59.5 Å². The number of nitrogens with zero attached hydrogens (tertiary/aromatic N) is 1. The van der Waals surface area contributed by atoms with E-state index in [1.54, 1.807) is 30.5 Å². The molecular weight excluding hydrogens is 243 g/mol. The summed E-state index contributed by atoms with van der Waals surface area (Å²) in [6.45, 7) is 1.93. The first-order valence-corrected chi connectivity index (χ1v) is 6.11. The number of aromatic nitrogens is 1. The maximum Gasteiger partial charge on any atom is 0.225 e. The highest BCUT2D eigenvalue weighted by molar-refractivity contribution is 5.89. The van der Waals surface area contributed by atoms with Crippen LogP contribution in [-0.4, -0.2) is 10.9 Å². The average Bonchev–Trinajstić information content (AvgIpc) is 2.38. The monoisotopic (exact) mass is 258 g/mol. The molecule has 2 aromatic rings. The molecule has 98 valence electrons. The van der Waals surface area contributed by atoms with Crippen LogP contribution in [-0.2, 0) is 11.2 Å². The Balaban J connectivity index is 1.90. The third kappa shape index (κ3) is 3.88. The fourth-order valence-corrected chi connectivity index (χ4v) is 1.76. The van der Waals surface area contributed by atoms with Gasteiger partial charge in [0.15, 0.2) is 0 Å². The zero-order valence-electron chi connectivity index (χ0n) is 10.7. The predicted octanol–water partition coefficient (Wildman–Crippen LogP) is 3.10. The van der Waals surface area contributed by atoms with Gasteiger partial charge in [-0.25, -0.2) is 9.37 Å². The molecule has 0 aliphatic rings. The minimum atomic E-state index is -0.274. The van der Waals surface area contributed by atoms with Crippen LogP contribution in [0.2, 0.25) is 0 Å². The number of anilines is 1. The first kappa shape index (κ1) is 13.2. The van der Waals surface area contributed by atoms with Crippen LogP contribution in [0.25, 0.3) is 0 Å². The molecule has 1 N–H and O–H groups in total. The molecule has 1 heterocycles. The van der Waals surface area contributed by atoms with Crippen LogP contribution in [0.15, 0.2) is 42.6 Å². The molecular formula is C15H15FN2O. The lowest BCUT2D eigenvalue weighted by molar-refractivity contribution is -0.116. The lowest BCUT2D eigenvalue weighted by Crippen LogP contribution is -2.13. The molecule has 0 saturated heterocycles. The highest BCUT2D eigenvalue weighted by Gasteiger charge is 2.06. The van der Waals surface area contributed by atoms with Crippen molar-refractivity contribution in [1.82, 2.24) is 4.98 Å². The van der Waals surface area contributed by atoms with E-state index in [9.17, 15) is 9.18 Å². The summed E-state index contributed by atoms with van der Waals surface area (Å²) in [5, 5.41) is 2.70. The van der Waals surface area contributed by atoms with Crippen molar-refractivity contribution in [3.63, 3.8) is 0 Å². The van der Waals surface area contributed by atoms with E-state index in [2.05, 4.69) is 10.3 Å². The number of pyridine rings is 1. The van der Waals surface area contributed by atoms with Crippen molar-refractivity contribution in [2.24, 2.45) is 0 Å². The van der Waals surface area contributed by atoms with E-state index < -0.39 is 0 Å². The molecule has 0 spiro atoms. The van der Waals surface area contributed by atoms with Crippen LogP contribution < -0.4 is 5.32 Å². The molecule has 0 atom stereocenters. The molecule has 0 bridgehead atoms. The molecule has 1 amide bonds. The van der Waals surface area contributed by atoms with Gasteiger partial charge >= 0.3 is 0 Å². The predicted molar refractivity (Wildman–Crippen MR) is 72.3 cm³/mol. The quantitative estimate of drug-likeness (QED) is 0.915. The molecule has 0 aliphatic heterocycles. The maximum atomic E-state index is 13.4. The summed E-state index contributed by atoms with van der Waals surface area (Å²) in [6.07, 6.45) is 2.25. The smallest absolute Gasteiger partial charge is 0.225 e. The molecule has 1 aromatic carbocycles. The van der Waals surface area contributed by atoms with Gasteiger partial charge < -0.3 is 5.32 Å². The molecule has 0 aliphatic carbocycles. The Labute approximate surface area is 111 Å². The van der Waals surface area contributed by atoms with Crippen LogP contribution in [0.5, 0.6) is 0 Å². The fourth-order valence-electron chi connectivity index (χ4n) is 1.76. The normalized spacial score (nSPS) is 10.2. The van der Waals surface area contributed by atoms with Gasteiger partial charge in [0.05, 0.1) is 0 Å². The molecule has 0 saturated carbocycles. The SMILES string of the molecule is Cc1ccnc(NC(=O)CCc2ccccc2F)c1. The summed E-state index contributed by atoms with van der Waals surface area (Å²) < 4.78 is 13.4. The number of hydrogen-bond donors (Lipinski definition) is 1. The third-order valence-corrected chi connectivity index (χ3v) is 2.76. The average molecular weight is 258 g/mol. The third-order valence-electron chi connectivity index (χ3n) is 2.76. The van der Waals surface area contributed by atoms with E-state index in [0.29, 0.717) is 17.8 Å². The minimum absolute atomic E-state index is 0.165. The van der Waals surface area contributed by atoms with Crippen molar-refractivity contribution in [1.29, 1.82) is 0 Å². The lowest BCUT2D eigenvalue weighted by atomic mass is 10.1. The molecule has 3 nitrogen and oxygen atoms in total. The summed E-state index contributed by atoms with van der Waals surface area (Å²) in [6, 6.07) is 10.1. The largest absolute Gasteiger partial charge is 0.311 e. The second kappa shape index (κ2) is 6.09. The molecule has 1 aromatic heterocycles. The van der Waals surface area contributed by atoms with Gasteiger partial charge in [-0.2, -0.15) is 0 Å². The van der Waals surface area contributed by atoms with E-state index >= 15 is 0 Å². The number of nitrogens with one attached hydrogen (secondary N) is 1. The summed E-state index contributed by atoms with van der Waals surface area (Å²) in [5.74, 6) is 0.0869. The number of carbonyl (C=O) groups excluding carboxylic acids is 1. The lowest BCUT2D eigenvalue weighted by Gasteiger charge is -2.05. The molecule has 19 heavy (non-hydrogen) atoms. The van der Waals surface area contributed by atoms with Gasteiger partial charge in [-0.1, -0.05) is 18.2 Å². The van der Waals surface area contributed by atoms with Gasteiger partial charge in [0.1, 0.15) is 11.6 Å². The Morgan fingerprint density at radius 3 is 2.84 bits per heavy atom. The van der Waals surface area contributed by atoms with Crippen molar-refractivity contribution in [2.45, 2.75) is 19.8 Å². The van der Waals surface area contributed by atoms with Gasteiger partial charge in [0.25, 0.3) is 0 Å². The molecule has 2 rings (SSSR count). The fraction of sp³-hybridized carbons (Fsp3) is 0.200. The Morgan fingerprint density at radius 2 is 2.11 bits per heavy atom. The first-order valence-electron chi connectivity index (χ1n) is 6.11. The highest BCUT2D eigenvalue weighted by atomic mass is 19.1. The van der Waals surface area contributed by atoms with Crippen LogP contribution in [0.4, 0.5) is 10.2 Å². The summed E-state index contributed by atoms with van der Waals surface area (Å²) >= 11 is 0. The molecule has 0 fully saturated rings. The van der Waals surface area contributed by atoms with Crippen molar-refractivity contribution >= 4 is 11.7 Å². The standard InChI is InChI=1S/C15H15FN2O/c1-11-8-9-17-14(10-11)18-15(19)7-6-12-4-2-3-5-13(12)16/h2-5,8-10H,6-7H2,1H3,(H,17,18,19). The van der Waals surface area contributed by atoms with Gasteiger partial charge in [0.2, 0.25) is 5.91 Å². The van der Waals surface area contributed by atoms with Gasteiger partial charge in [0, 0.05) is 12.6 Å². The molecule has 0 radical (unpaired) electrons. The Morgan fingerprint density at radius 1 is 1.32 bits per heavy atom. The van der Waals surface area contributed by atoms with Crippen molar-refractivity contribution < 1.29 is 9.18 Å². The van der Waals surface area contributed by atoms with E-state index in [1.807, 2.05) is 13.0 Å². The Hall–Kier alpha value is -2.23. The summed E-state index contributed by atoms with van der Waals surface area (Å²) in [5.41, 5.74) is 1.58. The number of amides is 1. The summed E-state index contributed by atoms with van der Waals surface area (Å²) in [7, 11) is 0. The zero-order valence-corrected chi connectivity index (χ0v) is 10.7. The Kier molecular flexibility index (Phi) is 4.23. The zero-order chi connectivity index (χ0) is 13.7. The van der Waals surface area contributed by atoms with E-state index in [0.717, 1.165) is 5.56 Å². The van der Waals surface area contributed by atoms with E-state index in [-0.39, 0.29) is 18.1 Å². The topological polar surface area (TPSA) is 42.0 Å². The number of halogens is 1. The molecule has 0 unspecified atom stereocenters. The van der Waals surface area contributed by atoms with E-state index in [1.165, 1.54) is 6.07 Å². The number of hydrogen-bond acceptors (Lipinski definition) is 2. The minimum Gasteiger partial charge on any atom is -0.311 e. The number of aryl methyl sites for hydroxylation is 2. The van der Waals surface area contributed by atoms with Crippen LogP contribution >= 0.6 is 0 Å². The number of rotatable bonds is 4. The van der Waals surface area contributed by atoms with Crippen LogP contribution in [0.3, 0.4) is 0 Å². The van der Waals surface area contributed by atoms with Crippen molar-refractivity contribution in [2.75, 3.05) is 5.32 Å². The van der Waals surface area contributed by atoms with Gasteiger partial charge in [-0.3, -0.25) is 4.79 Å². The van der Waals surface area contributed by atoms with Gasteiger partial charge in [-0.05, 0) is 42.7 Å². The highest BCUT2D eigenvalue weighted by Crippen LogP contribution is 2.10. The maximum absolute atomic E-state index is 13.4. The summed E-state index contributed by atoms with van der Waals surface area (Å²) in [4.78, 5) is 15.8. The van der Waals surface area contributed by atoms with E-state index in [4.69, 9.17) is 0 Å². The van der Waals surface area contributed by atoms with Gasteiger partial charge in [-0.15, -0.1) is 0 Å².